The Hall–Kier alpha value is -1.23. The zero-order chi connectivity index (χ0) is 14.8. The molecule has 0 bridgehead atoms. The zero-order valence-corrected chi connectivity index (χ0v) is 13.7. The normalized spacial score (nSPS) is 18.6. The third-order valence-corrected chi connectivity index (χ3v) is 5.30. The zero-order valence-electron chi connectivity index (χ0n) is 12.1. The Bertz CT molecular complexity index is 512. The van der Waals surface area contributed by atoms with Crippen LogP contribution in [-0.2, 0) is 0 Å². The van der Waals surface area contributed by atoms with Crippen molar-refractivity contribution in [2.45, 2.75) is 33.1 Å². The van der Waals surface area contributed by atoms with E-state index in [-0.39, 0.29) is 5.84 Å². The summed E-state index contributed by atoms with van der Waals surface area (Å²) in [4.78, 5) is 2.35. The second-order valence-corrected chi connectivity index (χ2v) is 6.35. The Kier molecular flexibility index (Phi) is 4.58. The summed E-state index contributed by atoms with van der Waals surface area (Å²) in [6, 6.07) is 5.95. The fourth-order valence-corrected chi connectivity index (χ4v) is 3.61. The van der Waals surface area contributed by atoms with Crippen molar-refractivity contribution in [3.05, 3.63) is 28.2 Å². The van der Waals surface area contributed by atoms with Crippen LogP contribution in [0.4, 0.5) is 5.69 Å². The Morgan fingerprint density at radius 2 is 2.15 bits per heavy atom. The molecule has 1 aliphatic heterocycles. The molecule has 1 aliphatic rings. The number of benzene rings is 1. The predicted octanol–water partition coefficient (Wildman–Crippen LogP) is 3.56. The van der Waals surface area contributed by atoms with E-state index in [0.717, 1.165) is 28.8 Å². The Morgan fingerprint density at radius 1 is 1.45 bits per heavy atom. The van der Waals surface area contributed by atoms with Gasteiger partial charge in [0.05, 0.1) is 5.56 Å². The van der Waals surface area contributed by atoms with Gasteiger partial charge in [0.15, 0.2) is 5.84 Å². The number of hydrogen-bond donors (Lipinski definition) is 2. The summed E-state index contributed by atoms with van der Waals surface area (Å²) in [5.41, 5.74) is 8.05. The lowest BCUT2D eigenvalue weighted by Gasteiger charge is -2.28. The van der Waals surface area contributed by atoms with Crippen molar-refractivity contribution >= 4 is 27.5 Å². The van der Waals surface area contributed by atoms with Gasteiger partial charge in [-0.1, -0.05) is 25.1 Å². The molecule has 1 saturated heterocycles. The van der Waals surface area contributed by atoms with E-state index in [1.165, 1.54) is 19.3 Å². The number of amidine groups is 1. The van der Waals surface area contributed by atoms with Gasteiger partial charge < -0.3 is 15.8 Å². The summed E-state index contributed by atoms with van der Waals surface area (Å²) in [6.45, 7) is 6.57. The maximum atomic E-state index is 9.00. The van der Waals surface area contributed by atoms with Crippen LogP contribution in [-0.4, -0.2) is 24.1 Å². The highest BCUT2D eigenvalue weighted by molar-refractivity contribution is 9.10. The molecule has 0 saturated carbocycles. The maximum Gasteiger partial charge on any atom is 0.173 e. The molecule has 0 atom stereocenters. The first-order valence-corrected chi connectivity index (χ1v) is 7.87. The third kappa shape index (κ3) is 2.64. The van der Waals surface area contributed by atoms with Crippen molar-refractivity contribution in [1.82, 2.24) is 0 Å². The third-order valence-electron chi connectivity index (χ3n) is 4.63. The minimum absolute atomic E-state index is 0.151. The van der Waals surface area contributed by atoms with Gasteiger partial charge in [0.1, 0.15) is 0 Å². The number of rotatable bonds is 4. The van der Waals surface area contributed by atoms with Crippen LogP contribution < -0.4 is 10.6 Å². The van der Waals surface area contributed by atoms with Gasteiger partial charge in [-0.3, -0.25) is 0 Å². The first-order valence-electron chi connectivity index (χ1n) is 7.08. The standard InChI is InChI=1S/C15H22BrN3O/c1-3-15(4-2)8-9-19(10-15)12-7-5-6-11(16)13(12)14(17)18-20/h5-7,20H,3-4,8-10H2,1-2H3,(H2,17,18). The van der Waals surface area contributed by atoms with Gasteiger partial charge in [-0.2, -0.15) is 0 Å². The van der Waals surface area contributed by atoms with Crippen LogP contribution in [0, 0.1) is 5.41 Å². The lowest BCUT2D eigenvalue weighted by atomic mass is 9.82. The summed E-state index contributed by atoms with van der Waals surface area (Å²) in [6.07, 6.45) is 3.57. The summed E-state index contributed by atoms with van der Waals surface area (Å²) < 4.78 is 0.857. The van der Waals surface area contributed by atoms with Gasteiger partial charge in [0, 0.05) is 23.2 Å². The van der Waals surface area contributed by atoms with Gasteiger partial charge >= 0.3 is 0 Å². The summed E-state index contributed by atoms with van der Waals surface area (Å²) in [5.74, 6) is 0.151. The van der Waals surface area contributed by atoms with Crippen LogP contribution in [0.25, 0.3) is 0 Å². The van der Waals surface area contributed by atoms with Crippen LogP contribution in [0.2, 0.25) is 0 Å². The molecule has 0 aliphatic carbocycles. The van der Waals surface area contributed by atoms with E-state index in [1.54, 1.807) is 0 Å². The fraction of sp³-hybridized carbons (Fsp3) is 0.533. The summed E-state index contributed by atoms with van der Waals surface area (Å²) in [5, 5.41) is 12.2. The molecule has 3 N–H and O–H groups in total. The lowest BCUT2D eigenvalue weighted by molar-refractivity contribution is 0.301. The van der Waals surface area contributed by atoms with Crippen molar-refractivity contribution in [2.75, 3.05) is 18.0 Å². The average molecular weight is 340 g/mol. The number of hydrogen-bond acceptors (Lipinski definition) is 3. The number of nitrogens with two attached hydrogens (primary N) is 1. The van der Waals surface area contributed by atoms with Gasteiger partial charge in [-0.15, -0.1) is 0 Å². The highest BCUT2D eigenvalue weighted by atomic mass is 79.9. The second-order valence-electron chi connectivity index (χ2n) is 5.50. The second kappa shape index (κ2) is 6.04. The topological polar surface area (TPSA) is 61.8 Å². The van der Waals surface area contributed by atoms with E-state index in [9.17, 15) is 0 Å². The van der Waals surface area contributed by atoms with E-state index in [0.29, 0.717) is 5.41 Å². The molecule has 5 heteroatoms. The van der Waals surface area contributed by atoms with Crippen LogP contribution in [0.3, 0.4) is 0 Å². The van der Waals surface area contributed by atoms with E-state index in [1.807, 2.05) is 18.2 Å². The molecule has 0 radical (unpaired) electrons. The van der Waals surface area contributed by atoms with Crippen LogP contribution in [0.5, 0.6) is 0 Å². The molecule has 1 aromatic rings. The molecule has 110 valence electrons. The molecule has 0 aromatic heterocycles. The van der Waals surface area contributed by atoms with Gasteiger partial charge in [0.2, 0.25) is 0 Å². The molecular weight excluding hydrogens is 318 g/mol. The molecule has 1 aromatic carbocycles. The quantitative estimate of drug-likeness (QED) is 0.381. The molecule has 1 heterocycles. The van der Waals surface area contributed by atoms with Gasteiger partial charge in [-0.05, 0) is 52.7 Å². The minimum atomic E-state index is 0.151. The van der Waals surface area contributed by atoms with Gasteiger partial charge in [0.25, 0.3) is 0 Å². The van der Waals surface area contributed by atoms with Crippen molar-refractivity contribution in [2.24, 2.45) is 16.3 Å². The minimum Gasteiger partial charge on any atom is -0.409 e. The van der Waals surface area contributed by atoms with Crippen molar-refractivity contribution < 1.29 is 5.21 Å². The maximum absolute atomic E-state index is 9.00. The number of anilines is 1. The van der Waals surface area contributed by atoms with Crippen LogP contribution in [0.1, 0.15) is 38.7 Å². The Labute approximate surface area is 128 Å². The fourth-order valence-electron chi connectivity index (χ4n) is 3.05. The SMILES string of the molecule is CCC1(CC)CCN(c2cccc(Br)c2/C(N)=N/O)C1. The van der Waals surface area contributed by atoms with Crippen molar-refractivity contribution in [3.63, 3.8) is 0 Å². The molecular formula is C15H22BrN3O. The van der Waals surface area contributed by atoms with Crippen molar-refractivity contribution in [3.8, 4) is 0 Å². The smallest absolute Gasteiger partial charge is 0.173 e. The number of halogens is 1. The van der Waals surface area contributed by atoms with Crippen LogP contribution in [0.15, 0.2) is 27.8 Å². The van der Waals surface area contributed by atoms with E-state index in [2.05, 4.69) is 39.8 Å². The van der Waals surface area contributed by atoms with E-state index in [4.69, 9.17) is 10.9 Å². The highest BCUT2D eigenvalue weighted by Gasteiger charge is 2.36. The molecule has 0 amide bonds. The van der Waals surface area contributed by atoms with Crippen LogP contribution >= 0.6 is 15.9 Å². The largest absolute Gasteiger partial charge is 0.409 e. The average Bonchev–Trinajstić information content (AvgIpc) is 2.91. The van der Waals surface area contributed by atoms with Crippen molar-refractivity contribution in [1.29, 1.82) is 0 Å². The first-order chi connectivity index (χ1) is 9.56. The Balaban J connectivity index is 2.38. The highest BCUT2D eigenvalue weighted by Crippen LogP contribution is 2.40. The molecule has 2 rings (SSSR count). The lowest BCUT2D eigenvalue weighted by Crippen LogP contribution is -2.28. The predicted molar refractivity (Wildman–Crippen MR) is 86.5 cm³/mol. The molecule has 0 unspecified atom stereocenters. The monoisotopic (exact) mass is 339 g/mol. The van der Waals surface area contributed by atoms with Gasteiger partial charge in [-0.25, -0.2) is 0 Å². The number of oxime groups is 1. The molecule has 20 heavy (non-hydrogen) atoms. The number of nitrogens with zero attached hydrogens (tertiary/aromatic N) is 2. The summed E-state index contributed by atoms with van der Waals surface area (Å²) in [7, 11) is 0. The molecule has 4 nitrogen and oxygen atoms in total. The van der Waals surface area contributed by atoms with E-state index >= 15 is 0 Å². The van der Waals surface area contributed by atoms with E-state index < -0.39 is 0 Å². The molecule has 1 fully saturated rings. The Morgan fingerprint density at radius 3 is 2.70 bits per heavy atom. The summed E-state index contributed by atoms with van der Waals surface area (Å²) >= 11 is 3.50. The first kappa shape index (κ1) is 15.2. The molecule has 0 spiro atoms.